The zero-order valence-corrected chi connectivity index (χ0v) is 11.9. The molecule has 0 aliphatic carbocycles. The van der Waals surface area contributed by atoms with Crippen LogP contribution in [0, 0.1) is 0 Å². The molecule has 5 heteroatoms. The first-order valence-corrected chi connectivity index (χ1v) is 7.05. The van der Waals surface area contributed by atoms with Gasteiger partial charge in [-0.15, -0.1) is 0 Å². The fourth-order valence-electron chi connectivity index (χ4n) is 1.50. The maximum Gasteiger partial charge on any atom is 0.152 e. The first-order chi connectivity index (χ1) is 8.38. The van der Waals surface area contributed by atoms with Gasteiger partial charge in [-0.3, -0.25) is 4.98 Å². The molecule has 2 heterocycles. The summed E-state index contributed by atoms with van der Waals surface area (Å²) >= 11 is 0. The van der Waals surface area contributed by atoms with E-state index in [1.54, 1.807) is 6.20 Å². The van der Waals surface area contributed by atoms with E-state index in [0.29, 0.717) is 0 Å². The standard InChI is InChI=1S/C13H18N2O2S/c1-9(15-18(16)13(2,3)4)12-8-10-11(17-12)6-5-7-14-10/h5-9,15H,1-4H3/t9-,18?/m0/s1. The van der Waals surface area contributed by atoms with Gasteiger partial charge in [0.2, 0.25) is 0 Å². The van der Waals surface area contributed by atoms with Crippen LogP contribution in [0.25, 0.3) is 11.1 Å². The minimum Gasteiger partial charge on any atom is -0.458 e. The second-order valence-electron chi connectivity index (χ2n) is 5.26. The molecule has 18 heavy (non-hydrogen) atoms. The monoisotopic (exact) mass is 266 g/mol. The molecule has 0 fully saturated rings. The number of rotatable bonds is 3. The van der Waals surface area contributed by atoms with Crippen molar-refractivity contribution in [2.24, 2.45) is 0 Å². The summed E-state index contributed by atoms with van der Waals surface area (Å²) in [5.41, 5.74) is 1.57. The molecule has 2 rings (SSSR count). The zero-order chi connectivity index (χ0) is 13.3. The Hall–Kier alpha value is -1.20. The molecular formula is C13H18N2O2S. The van der Waals surface area contributed by atoms with E-state index in [-0.39, 0.29) is 10.8 Å². The van der Waals surface area contributed by atoms with E-state index in [2.05, 4.69) is 9.71 Å². The highest BCUT2D eigenvalue weighted by Gasteiger charge is 2.23. The highest BCUT2D eigenvalue weighted by Crippen LogP contribution is 2.23. The summed E-state index contributed by atoms with van der Waals surface area (Å²) in [5.74, 6) is 0.751. The third-order valence-corrected chi connectivity index (χ3v) is 4.25. The van der Waals surface area contributed by atoms with E-state index in [1.165, 1.54) is 0 Å². The van der Waals surface area contributed by atoms with Gasteiger partial charge in [-0.25, -0.2) is 8.93 Å². The minimum atomic E-state index is -1.12. The smallest absolute Gasteiger partial charge is 0.152 e. The SMILES string of the molecule is C[C@H](NS(=O)C(C)(C)C)c1cc2ncccc2o1. The molecule has 4 nitrogen and oxygen atoms in total. The summed E-state index contributed by atoms with van der Waals surface area (Å²) in [6.07, 6.45) is 1.73. The number of pyridine rings is 1. The molecule has 98 valence electrons. The Morgan fingerprint density at radius 1 is 1.44 bits per heavy atom. The molecule has 0 radical (unpaired) electrons. The van der Waals surface area contributed by atoms with Gasteiger partial charge >= 0.3 is 0 Å². The number of aromatic nitrogens is 1. The average Bonchev–Trinajstić information content (AvgIpc) is 2.71. The van der Waals surface area contributed by atoms with Gasteiger partial charge in [0.25, 0.3) is 0 Å². The van der Waals surface area contributed by atoms with Crippen LogP contribution in [0.3, 0.4) is 0 Å². The van der Waals surface area contributed by atoms with Crippen molar-refractivity contribution in [2.75, 3.05) is 0 Å². The molecule has 0 amide bonds. The van der Waals surface area contributed by atoms with Crippen LogP contribution in [0.15, 0.2) is 28.8 Å². The largest absolute Gasteiger partial charge is 0.458 e. The van der Waals surface area contributed by atoms with E-state index in [0.717, 1.165) is 16.9 Å². The van der Waals surface area contributed by atoms with E-state index < -0.39 is 11.0 Å². The van der Waals surface area contributed by atoms with Gasteiger partial charge in [0, 0.05) is 12.3 Å². The zero-order valence-electron chi connectivity index (χ0n) is 11.1. The number of fused-ring (bicyclic) bond motifs is 1. The van der Waals surface area contributed by atoms with E-state index in [9.17, 15) is 4.21 Å². The number of hydrogen-bond acceptors (Lipinski definition) is 3. The van der Waals surface area contributed by atoms with Crippen LogP contribution < -0.4 is 4.72 Å². The third-order valence-electron chi connectivity index (χ3n) is 2.57. The fourth-order valence-corrected chi connectivity index (χ4v) is 2.29. The van der Waals surface area contributed by atoms with Gasteiger partial charge in [-0.05, 0) is 39.8 Å². The lowest BCUT2D eigenvalue weighted by molar-refractivity contribution is 0.492. The number of nitrogens with one attached hydrogen (secondary N) is 1. The van der Waals surface area contributed by atoms with Gasteiger partial charge in [-0.2, -0.15) is 0 Å². The fraction of sp³-hybridized carbons (Fsp3) is 0.462. The van der Waals surface area contributed by atoms with Crippen molar-refractivity contribution in [3.8, 4) is 0 Å². The minimum absolute atomic E-state index is 0.112. The van der Waals surface area contributed by atoms with Crippen LogP contribution in [0.2, 0.25) is 0 Å². The van der Waals surface area contributed by atoms with Crippen LogP contribution in [0.1, 0.15) is 39.5 Å². The molecule has 2 aromatic rings. The van der Waals surface area contributed by atoms with Crippen molar-refractivity contribution in [2.45, 2.75) is 38.5 Å². The first kappa shape index (κ1) is 13.2. The molecule has 0 saturated carbocycles. The van der Waals surface area contributed by atoms with Crippen molar-refractivity contribution in [1.82, 2.24) is 9.71 Å². The van der Waals surface area contributed by atoms with Crippen molar-refractivity contribution < 1.29 is 8.63 Å². The van der Waals surface area contributed by atoms with E-state index in [1.807, 2.05) is 45.9 Å². The van der Waals surface area contributed by atoms with Gasteiger partial charge in [0.15, 0.2) is 5.58 Å². The molecular weight excluding hydrogens is 248 g/mol. The Labute approximate surface area is 109 Å². The summed E-state index contributed by atoms with van der Waals surface area (Å²) in [4.78, 5) is 4.21. The van der Waals surface area contributed by atoms with Crippen LogP contribution in [0.4, 0.5) is 0 Å². The lowest BCUT2D eigenvalue weighted by Gasteiger charge is -2.20. The molecule has 2 aromatic heterocycles. The Bertz CT molecular complexity index is 539. The Balaban J connectivity index is 2.18. The molecule has 1 unspecified atom stereocenters. The van der Waals surface area contributed by atoms with E-state index in [4.69, 9.17) is 4.42 Å². The number of hydrogen-bond donors (Lipinski definition) is 1. The molecule has 0 aromatic carbocycles. The summed E-state index contributed by atoms with van der Waals surface area (Å²) in [6.45, 7) is 7.73. The molecule has 0 bridgehead atoms. The maximum absolute atomic E-state index is 12.0. The second kappa shape index (κ2) is 4.82. The maximum atomic E-state index is 12.0. The van der Waals surface area contributed by atoms with Crippen molar-refractivity contribution in [3.63, 3.8) is 0 Å². The van der Waals surface area contributed by atoms with Gasteiger partial charge < -0.3 is 4.42 Å². The lowest BCUT2D eigenvalue weighted by Crippen LogP contribution is -2.34. The number of furan rings is 1. The van der Waals surface area contributed by atoms with Crippen LogP contribution >= 0.6 is 0 Å². The van der Waals surface area contributed by atoms with Crippen molar-refractivity contribution in [1.29, 1.82) is 0 Å². The van der Waals surface area contributed by atoms with E-state index >= 15 is 0 Å². The van der Waals surface area contributed by atoms with Crippen LogP contribution in [-0.2, 0) is 11.0 Å². The molecule has 0 aliphatic heterocycles. The van der Waals surface area contributed by atoms with Crippen LogP contribution in [0.5, 0.6) is 0 Å². The van der Waals surface area contributed by atoms with Crippen molar-refractivity contribution >= 4 is 22.1 Å². The lowest BCUT2D eigenvalue weighted by atomic mass is 10.3. The van der Waals surface area contributed by atoms with Crippen LogP contribution in [-0.4, -0.2) is 13.9 Å². The van der Waals surface area contributed by atoms with Crippen molar-refractivity contribution in [3.05, 3.63) is 30.2 Å². The Kier molecular flexibility index (Phi) is 3.54. The van der Waals surface area contributed by atoms with Gasteiger partial charge in [-0.1, -0.05) is 0 Å². The summed E-state index contributed by atoms with van der Waals surface area (Å²) in [6, 6.07) is 5.48. The summed E-state index contributed by atoms with van der Waals surface area (Å²) in [5, 5.41) is 0. The highest BCUT2D eigenvalue weighted by atomic mass is 32.2. The van der Waals surface area contributed by atoms with Gasteiger partial charge in [0.05, 0.1) is 21.8 Å². The highest BCUT2D eigenvalue weighted by molar-refractivity contribution is 7.84. The molecule has 0 aliphatic rings. The predicted octanol–water partition coefficient (Wildman–Crippen LogP) is 2.94. The van der Waals surface area contributed by atoms with Gasteiger partial charge in [0.1, 0.15) is 11.3 Å². The average molecular weight is 266 g/mol. The third kappa shape index (κ3) is 2.79. The summed E-state index contributed by atoms with van der Waals surface area (Å²) < 4.78 is 20.4. The Morgan fingerprint density at radius 3 is 2.78 bits per heavy atom. The Morgan fingerprint density at radius 2 is 2.17 bits per heavy atom. The quantitative estimate of drug-likeness (QED) is 0.929. The predicted molar refractivity (Wildman–Crippen MR) is 73.5 cm³/mol. The topological polar surface area (TPSA) is 55.1 Å². The first-order valence-electron chi connectivity index (χ1n) is 5.90. The molecule has 0 saturated heterocycles. The molecule has 2 atom stereocenters. The summed E-state index contributed by atoms with van der Waals surface area (Å²) in [7, 11) is -1.12. The molecule has 0 spiro atoms. The molecule has 1 N–H and O–H groups in total. The second-order valence-corrected chi connectivity index (χ2v) is 7.25. The normalized spacial score (nSPS) is 15.8. The number of nitrogens with zero attached hydrogens (tertiary/aromatic N) is 1.